The molecule has 0 aliphatic carbocycles. The molecule has 0 saturated carbocycles. The Hall–Kier alpha value is -2.72. The van der Waals surface area contributed by atoms with Crippen LogP contribution in [-0.4, -0.2) is 28.9 Å². The Kier molecular flexibility index (Phi) is 6.98. The predicted octanol–water partition coefficient (Wildman–Crippen LogP) is 6.12. The Morgan fingerprint density at radius 2 is 1.81 bits per heavy atom. The van der Waals surface area contributed by atoms with Gasteiger partial charge < -0.3 is 5.32 Å². The maximum atomic E-state index is 12.8. The van der Waals surface area contributed by atoms with Gasteiger partial charge in [-0.3, -0.25) is 14.7 Å². The van der Waals surface area contributed by atoms with E-state index in [1.807, 2.05) is 31.3 Å². The van der Waals surface area contributed by atoms with Crippen LogP contribution in [0.3, 0.4) is 0 Å². The molecule has 1 aliphatic rings. The third kappa shape index (κ3) is 5.31. The second-order valence-electron chi connectivity index (χ2n) is 8.74. The molecule has 0 atom stereocenters. The molecular formula is C27H33N3O. The number of likely N-dealkylation sites (tertiary alicyclic amines) is 1. The van der Waals surface area contributed by atoms with Gasteiger partial charge in [-0.2, -0.15) is 0 Å². The fourth-order valence-electron chi connectivity index (χ4n) is 4.41. The van der Waals surface area contributed by atoms with Gasteiger partial charge in [-0.05, 0) is 86.7 Å². The number of nitrogens with one attached hydrogen (secondary N) is 1. The second-order valence-corrected chi connectivity index (χ2v) is 8.74. The summed E-state index contributed by atoms with van der Waals surface area (Å²) in [7, 11) is 0. The number of carbonyl (C=O) groups is 1. The van der Waals surface area contributed by atoms with Crippen LogP contribution in [0.25, 0.3) is 10.9 Å². The number of hydrogen-bond acceptors (Lipinski definition) is 3. The number of hydrogen-bond donors (Lipinski definition) is 1. The zero-order valence-corrected chi connectivity index (χ0v) is 18.8. The molecule has 1 aliphatic heterocycles. The van der Waals surface area contributed by atoms with E-state index in [2.05, 4.69) is 41.4 Å². The topological polar surface area (TPSA) is 45.2 Å². The number of rotatable bonds is 8. The van der Waals surface area contributed by atoms with E-state index in [1.165, 1.54) is 56.3 Å². The van der Waals surface area contributed by atoms with Crippen LogP contribution in [0.15, 0.2) is 48.7 Å². The van der Waals surface area contributed by atoms with Gasteiger partial charge in [0.1, 0.15) is 0 Å². The second kappa shape index (κ2) is 10.1. The van der Waals surface area contributed by atoms with Gasteiger partial charge in [-0.25, -0.2) is 0 Å². The summed E-state index contributed by atoms with van der Waals surface area (Å²) < 4.78 is 0. The molecule has 1 amide bonds. The number of benzene rings is 2. The van der Waals surface area contributed by atoms with Gasteiger partial charge in [0.25, 0.3) is 5.91 Å². The van der Waals surface area contributed by atoms with Crippen molar-refractivity contribution in [2.75, 3.05) is 18.4 Å². The molecule has 1 N–H and O–H groups in total. The molecule has 1 fully saturated rings. The minimum absolute atomic E-state index is 0.0757. The molecule has 162 valence electrons. The Bertz CT molecular complexity index is 1040. The summed E-state index contributed by atoms with van der Waals surface area (Å²) in [6.07, 6.45) is 9.32. The van der Waals surface area contributed by atoms with Crippen molar-refractivity contribution in [2.45, 2.75) is 58.9 Å². The van der Waals surface area contributed by atoms with Crippen LogP contribution in [0, 0.1) is 6.92 Å². The lowest BCUT2D eigenvalue weighted by atomic mass is 10.0. The van der Waals surface area contributed by atoms with Crippen molar-refractivity contribution in [3.8, 4) is 0 Å². The molecule has 0 bridgehead atoms. The quantitative estimate of drug-likeness (QED) is 0.451. The smallest absolute Gasteiger partial charge is 0.255 e. The molecule has 4 rings (SSSR count). The number of nitrogens with zero attached hydrogens (tertiary/aromatic N) is 2. The van der Waals surface area contributed by atoms with Crippen LogP contribution >= 0.6 is 0 Å². The lowest BCUT2D eigenvalue weighted by molar-refractivity contribution is 0.102. The number of aromatic nitrogens is 1. The first-order chi connectivity index (χ1) is 15.1. The Balaban J connectivity index is 1.45. The minimum Gasteiger partial charge on any atom is -0.322 e. The van der Waals surface area contributed by atoms with Crippen molar-refractivity contribution in [3.63, 3.8) is 0 Å². The van der Waals surface area contributed by atoms with Crippen molar-refractivity contribution >= 4 is 22.5 Å². The van der Waals surface area contributed by atoms with Crippen LogP contribution in [0.1, 0.15) is 66.1 Å². The first kappa shape index (κ1) is 21.5. The molecule has 3 aromatic rings. The van der Waals surface area contributed by atoms with Gasteiger partial charge in [0.05, 0.1) is 5.52 Å². The molecule has 1 saturated heterocycles. The van der Waals surface area contributed by atoms with Gasteiger partial charge >= 0.3 is 0 Å². The Morgan fingerprint density at radius 1 is 1.03 bits per heavy atom. The van der Waals surface area contributed by atoms with E-state index < -0.39 is 0 Å². The summed E-state index contributed by atoms with van der Waals surface area (Å²) in [6.45, 7) is 7.57. The summed E-state index contributed by atoms with van der Waals surface area (Å²) in [5, 5.41) is 4.20. The van der Waals surface area contributed by atoms with E-state index in [0.29, 0.717) is 5.56 Å². The molecule has 2 aromatic carbocycles. The number of unbranched alkanes of at least 4 members (excludes halogenated alkanes) is 2. The molecule has 2 heterocycles. The predicted molar refractivity (Wildman–Crippen MR) is 129 cm³/mol. The van der Waals surface area contributed by atoms with Gasteiger partial charge in [-0.15, -0.1) is 0 Å². The summed E-state index contributed by atoms with van der Waals surface area (Å²) in [6, 6.07) is 14.3. The number of anilines is 1. The van der Waals surface area contributed by atoms with Gasteiger partial charge in [0, 0.05) is 29.4 Å². The van der Waals surface area contributed by atoms with Gasteiger partial charge in [-0.1, -0.05) is 38.0 Å². The van der Waals surface area contributed by atoms with E-state index in [-0.39, 0.29) is 5.91 Å². The maximum absolute atomic E-state index is 12.8. The number of aryl methyl sites for hydroxylation is 2. The van der Waals surface area contributed by atoms with E-state index >= 15 is 0 Å². The summed E-state index contributed by atoms with van der Waals surface area (Å²) in [5.41, 5.74) is 6.02. The zero-order valence-electron chi connectivity index (χ0n) is 18.8. The first-order valence-corrected chi connectivity index (χ1v) is 11.6. The summed E-state index contributed by atoms with van der Waals surface area (Å²) in [5.74, 6) is -0.0757. The molecule has 31 heavy (non-hydrogen) atoms. The highest BCUT2D eigenvalue weighted by Gasteiger charge is 2.14. The molecule has 0 spiro atoms. The lowest BCUT2D eigenvalue weighted by Gasteiger charge is -2.15. The van der Waals surface area contributed by atoms with Gasteiger partial charge in [0.15, 0.2) is 0 Å². The number of pyridine rings is 1. The summed E-state index contributed by atoms with van der Waals surface area (Å²) in [4.78, 5) is 20.0. The third-order valence-corrected chi connectivity index (χ3v) is 6.30. The van der Waals surface area contributed by atoms with Gasteiger partial charge in [0.2, 0.25) is 0 Å². The van der Waals surface area contributed by atoms with E-state index in [9.17, 15) is 4.79 Å². The molecule has 4 nitrogen and oxygen atoms in total. The monoisotopic (exact) mass is 415 g/mol. The highest BCUT2D eigenvalue weighted by atomic mass is 16.1. The average Bonchev–Trinajstić information content (AvgIpc) is 3.29. The first-order valence-electron chi connectivity index (χ1n) is 11.6. The lowest BCUT2D eigenvalue weighted by Crippen LogP contribution is -2.18. The molecule has 1 aromatic heterocycles. The molecule has 0 radical (unpaired) electrons. The fourth-order valence-corrected chi connectivity index (χ4v) is 4.41. The average molecular weight is 416 g/mol. The number of amides is 1. The highest BCUT2D eigenvalue weighted by Crippen LogP contribution is 2.26. The Morgan fingerprint density at radius 3 is 2.55 bits per heavy atom. The number of carbonyl (C=O) groups excluding carboxylic acids is 1. The zero-order chi connectivity index (χ0) is 21.6. The van der Waals surface area contributed by atoms with E-state index in [4.69, 9.17) is 4.98 Å². The standard InChI is InChI=1S/C27H33N3O/c1-3-4-5-8-21-9-11-23(12-10-21)27(31)29-25-14-13-24-17-22(18-28-26(24)20(25)2)19-30-15-6-7-16-30/h9-14,17-18H,3-8,15-16,19H2,1-2H3,(H,29,31). The molecule has 0 unspecified atom stereocenters. The Labute approximate surface area is 185 Å². The SMILES string of the molecule is CCCCCc1ccc(C(=O)Nc2ccc3cc(CN4CCCC4)cnc3c2C)cc1. The van der Waals surface area contributed by atoms with E-state index in [1.54, 1.807) is 0 Å². The van der Waals surface area contributed by atoms with Crippen LogP contribution in [0.2, 0.25) is 0 Å². The molecule has 4 heteroatoms. The fraction of sp³-hybridized carbons (Fsp3) is 0.407. The van der Waals surface area contributed by atoms with Crippen LogP contribution in [-0.2, 0) is 13.0 Å². The van der Waals surface area contributed by atoms with Crippen molar-refractivity contribution < 1.29 is 4.79 Å². The molecular weight excluding hydrogens is 382 g/mol. The normalized spacial score (nSPS) is 14.3. The van der Waals surface area contributed by atoms with E-state index in [0.717, 1.165) is 35.1 Å². The van der Waals surface area contributed by atoms with Crippen molar-refractivity contribution in [1.29, 1.82) is 0 Å². The highest BCUT2D eigenvalue weighted by molar-refractivity contribution is 6.05. The van der Waals surface area contributed by atoms with Crippen molar-refractivity contribution in [1.82, 2.24) is 9.88 Å². The van der Waals surface area contributed by atoms with Crippen LogP contribution < -0.4 is 5.32 Å². The minimum atomic E-state index is -0.0757. The number of fused-ring (bicyclic) bond motifs is 1. The van der Waals surface area contributed by atoms with Crippen LogP contribution in [0.4, 0.5) is 5.69 Å². The van der Waals surface area contributed by atoms with Crippen molar-refractivity contribution in [2.24, 2.45) is 0 Å². The third-order valence-electron chi connectivity index (χ3n) is 6.30. The van der Waals surface area contributed by atoms with Crippen LogP contribution in [0.5, 0.6) is 0 Å². The maximum Gasteiger partial charge on any atom is 0.255 e. The van der Waals surface area contributed by atoms with Crippen molar-refractivity contribution in [3.05, 3.63) is 70.9 Å². The summed E-state index contributed by atoms with van der Waals surface area (Å²) >= 11 is 0. The largest absolute Gasteiger partial charge is 0.322 e.